The predicted molar refractivity (Wildman–Crippen MR) is 103 cm³/mol. The van der Waals surface area contributed by atoms with Crippen molar-refractivity contribution in [3.05, 3.63) is 11.9 Å². The van der Waals surface area contributed by atoms with Crippen LogP contribution in [0.5, 0.6) is 0 Å². The van der Waals surface area contributed by atoms with Crippen molar-refractivity contribution in [2.45, 2.75) is 79.9 Å². The summed E-state index contributed by atoms with van der Waals surface area (Å²) in [6.45, 7) is -0.743. The number of aliphatic hydroxyl groups is 8. The Morgan fingerprint density at radius 2 is 1.64 bits per heavy atom. The molecular weight excluding hydrogens is 448 g/mol. The van der Waals surface area contributed by atoms with Gasteiger partial charge in [-0.25, -0.2) is 4.68 Å². The molecule has 4 heterocycles. The van der Waals surface area contributed by atoms with Crippen molar-refractivity contribution < 1.29 is 55.1 Å². The van der Waals surface area contributed by atoms with Crippen LogP contribution < -0.4 is 5.32 Å². The molecule has 3 aliphatic rings. The van der Waals surface area contributed by atoms with Crippen LogP contribution in [-0.2, 0) is 14.2 Å². The number of ether oxygens (including phenoxy) is 3. The van der Waals surface area contributed by atoms with Crippen LogP contribution in [0, 0.1) is 0 Å². The van der Waals surface area contributed by atoms with Gasteiger partial charge in [0, 0.05) is 0 Å². The maximum Gasteiger partial charge on any atom is 0.187 e. The van der Waals surface area contributed by atoms with E-state index in [1.165, 1.54) is 6.20 Å². The van der Waals surface area contributed by atoms with E-state index in [4.69, 9.17) is 14.2 Å². The van der Waals surface area contributed by atoms with Crippen molar-refractivity contribution in [3.8, 4) is 0 Å². The van der Waals surface area contributed by atoms with Gasteiger partial charge in [0.1, 0.15) is 54.5 Å². The summed E-state index contributed by atoms with van der Waals surface area (Å²) in [6, 6.07) is -0.458. The van der Waals surface area contributed by atoms with E-state index in [-0.39, 0.29) is 0 Å². The molecule has 1 aromatic rings. The first-order valence-electron chi connectivity index (χ1n) is 10.7. The summed E-state index contributed by atoms with van der Waals surface area (Å²) in [5, 5.41) is 91.7. The van der Waals surface area contributed by atoms with Crippen LogP contribution >= 0.6 is 0 Å². The maximum atomic E-state index is 10.9. The SMILES string of the molecule is OCC1O[C@@H](OC2C(O)[C@H](n3cc([C@H]4NCC[C@@H]4O)nn3)OC(CO)[C@H]2O)C(O)C(O)[C@@H]1O. The van der Waals surface area contributed by atoms with Gasteiger partial charge < -0.3 is 60.4 Å². The molecule has 12 atom stereocenters. The Morgan fingerprint density at radius 1 is 0.939 bits per heavy atom. The summed E-state index contributed by atoms with van der Waals surface area (Å²) in [6.07, 6.45) is -13.8. The molecule has 3 fully saturated rings. The molecular formula is C18H30N4O11. The van der Waals surface area contributed by atoms with Crippen LogP contribution in [0.3, 0.4) is 0 Å². The summed E-state index contributed by atoms with van der Waals surface area (Å²) in [7, 11) is 0. The second-order valence-electron chi connectivity index (χ2n) is 8.44. The highest BCUT2D eigenvalue weighted by Gasteiger charge is 2.51. The number of aliphatic hydroxyl groups excluding tert-OH is 8. The minimum absolute atomic E-state index is 0.397. The lowest BCUT2D eigenvalue weighted by Crippen LogP contribution is -2.63. The molecule has 3 aliphatic heterocycles. The summed E-state index contributed by atoms with van der Waals surface area (Å²) < 4.78 is 17.6. The van der Waals surface area contributed by atoms with Crippen LogP contribution in [0.1, 0.15) is 24.4 Å². The number of aromatic nitrogens is 3. The van der Waals surface area contributed by atoms with E-state index in [1.54, 1.807) is 0 Å². The fourth-order valence-corrected chi connectivity index (χ4v) is 4.33. The fourth-order valence-electron chi connectivity index (χ4n) is 4.33. The zero-order chi connectivity index (χ0) is 23.9. The van der Waals surface area contributed by atoms with E-state index in [0.29, 0.717) is 18.7 Å². The third-order valence-corrected chi connectivity index (χ3v) is 6.28. The summed E-state index contributed by atoms with van der Waals surface area (Å²) in [5.74, 6) is 0. The quantitative estimate of drug-likeness (QED) is 0.186. The molecule has 15 heteroatoms. The molecule has 188 valence electrons. The standard InChI is InChI=1S/C18H30N4O11/c23-4-8-11(26)13(28)14(29)18(32-8)33-16-12(27)9(5-24)31-17(15(16)30)22-3-6(20-21-22)10-7(25)1-2-19-10/h3,7-19,23-30H,1-2,4-5H2/t7-,8?,9?,10+,11+,12+,13?,14?,15?,16?,17+,18-/m0/s1. The van der Waals surface area contributed by atoms with Gasteiger partial charge in [0.25, 0.3) is 0 Å². The van der Waals surface area contributed by atoms with Crippen molar-refractivity contribution in [1.29, 1.82) is 0 Å². The normalized spacial score (nSPS) is 46.5. The second-order valence-corrected chi connectivity index (χ2v) is 8.44. The zero-order valence-electron chi connectivity index (χ0n) is 17.5. The van der Waals surface area contributed by atoms with Gasteiger partial charge in [0.2, 0.25) is 0 Å². The van der Waals surface area contributed by atoms with E-state index in [9.17, 15) is 40.9 Å². The van der Waals surface area contributed by atoms with Gasteiger partial charge in [0.05, 0.1) is 31.6 Å². The third-order valence-electron chi connectivity index (χ3n) is 6.28. The van der Waals surface area contributed by atoms with Gasteiger partial charge in [0.15, 0.2) is 12.5 Å². The lowest BCUT2D eigenvalue weighted by Gasteiger charge is -2.45. The van der Waals surface area contributed by atoms with E-state index in [2.05, 4.69) is 15.6 Å². The first-order chi connectivity index (χ1) is 15.8. The van der Waals surface area contributed by atoms with Gasteiger partial charge in [-0.3, -0.25) is 0 Å². The highest BCUT2D eigenvalue weighted by Crippen LogP contribution is 2.33. The van der Waals surface area contributed by atoms with E-state index >= 15 is 0 Å². The topological polar surface area (TPSA) is 232 Å². The summed E-state index contributed by atoms with van der Waals surface area (Å²) >= 11 is 0. The molecule has 6 unspecified atom stereocenters. The first kappa shape index (κ1) is 24.8. The van der Waals surface area contributed by atoms with Crippen molar-refractivity contribution >= 4 is 0 Å². The first-order valence-corrected chi connectivity index (χ1v) is 10.7. The molecule has 0 bridgehead atoms. The van der Waals surface area contributed by atoms with E-state index in [1.807, 2.05) is 0 Å². The zero-order valence-corrected chi connectivity index (χ0v) is 17.5. The van der Waals surface area contributed by atoms with Gasteiger partial charge in [-0.15, -0.1) is 5.10 Å². The van der Waals surface area contributed by atoms with Gasteiger partial charge in [-0.05, 0) is 13.0 Å². The predicted octanol–water partition coefficient (Wildman–Crippen LogP) is -5.53. The molecule has 0 aromatic carbocycles. The van der Waals surface area contributed by atoms with Crippen molar-refractivity contribution in [2.75, 3.05) is 19.8 Å². The minimum Gasteiger partial charge on any atom is -0.394 e. The molecule has 0 aliphatic carbocycles. The highest BCUT2D eigenvalue weighted by atomic mass is 16.7. The number of nitrogens with one attached hydrogen (secondary N) is 1. The molecule has 1 aromatic heterocycles. The van der Waals surface area contributed by atoms with Crippen LogP contribution in [-0.4, -0.2) is 137 Å². The van der Waals surface area contributed by atoms with E-state index in [0.717, 1.165) is 4.68 Å². The maximum absolute atomic E-state index is 10.9. The van der Waals surface area contributed by atoms with Crippen LogP contribution in [0.15, 0.2) is 6.20 Å². The third kappa shape index (κ3) is 4.64. The number of hydrogen-bond donors (Lipinski definition) is 9. The highest BCUT2D eigenvalue weighted by molar-refractivity contribution is 5.07. The lowest BCUT2D eigenvalue weighted by atomic mass is 9.96. The Hall–Kier alpha value is -1.34. The number of rotatable bonds is 6. The molecule has 15 nitrogen and oxygen atoms in total. The van der Waals surface area contributed by atoms with Gasteiger partial charge in [-0.1, -0.05) is 5.21 Å². The molecule has 0 amide bonds. The molecule has 0 saturated carbocycles. The summed E-state index contributed by atoms with van der Waals surface area (Å²) in [5.41, 5.74) is 0.397. The molecule has 0 radical (unpaired) electrons. The fraction of sp³-hybridized carbons (Fsp3) is 0.889. The van der Waals surface area contributed by atoms with Crippen molar-refractivity contribution in [2.24, 2.45) is 0 Å². The number of nitrogens with zero attached hydrogens (tertiary/aromatic N) is 3. The van der Waals surface area contributed by atoms with Crippen LogP contribution in [0.2, 0.25) is 0 Å². The minimum atomic E-state index is -1.76. The summed E-state index contributed by atoms with van der Waals surface area (Å²) in [4.78, 5) is 0. The van der Waals surface area contributed by atoms with Gasteiger partial charge >= 0.3 is 0 Å². The Morgan fingerprint density at radius 3 is 2.27 bits per heavy atom. The molecule has 0 spiro atoms. The molecule has 4 rings (SSSR count). The molecule has 3 saturated heterocycles. The Bertz CT molecular complexity index is 784. The van der Waals surface area contributed by atoms with Gasteiger partial charge in [-0.2, -0.15) is 0 Å². The van der Waals surface area contributed by atoms with Crippen LogP contribution in [0.25, 0.3) is 0 Å². The lowest BCUT2D eigenvalue weighted by molar-refractivity contribution is -0.347. The van der Waals surface area contributed by atoms with Crippen molar-refractivity contribution in [3.63, 3.8) is 0 Å². The Kier molecular flexibility index (Phi) is 7.59. The van der Waals surface area contributed by atoms with Crippen LogP contribution in [0.4, 0.5) is 0 Å². The average Bonchev–Trinajstić information content (AvgIpc) is 3.45. The van der Waals surface area contributed by atoms with E-state index < -0.39 is 86.7 Å². The average molecular weight is 478 g/mol. The second kappa shape index (κ2) is 10.1. The monoisotopic (exact) mass is 478 g/mol. The smallest absolute Gasteiger partial charge is 0.187 e. The largest absolute Gasteiger partial charge is 0.394 e. The molecule has 9 N–H and O–H groups in total. The number of hydrogen-bond acceptors (Lipinski definition) is 14. The van der Waals surface area contributed by atoms with Crippen molar-refractivity contribution in [1.82, 2.24) is 20.3 Å². The Labute approximate surface area is 187 Å². The Balaban J connectivity index is 1.54. The molecule has 33 heavy (non-hydrogen) atoms.